The van der Waals surface area contributed by atoms with E-state index in [9.17, 15) is 4.79 Å². The van der Waals surface area contributed by atoms with Crippen molar-refractivity contribution >= 4 is 16.9 Å². The molecule has 6 nitrogen and oxygen atoms in total. The van der Waals surface area contributed by atoms with Crippen LogP contribution in [0.1, 0.15) is 31.5 Å². The highest BCUT2D eigenvalue weighted by Gasteiger charge is 2.39. The number of aromatic amines is 1. The van der Waals surface area contributed by atoms with Crippen molar-refractivity contribution in [1.82, 2.24) is 14.9 Å². The maximum Gasteiger partial charge on any atom is 0.223 e. The van der Waals surface area contributed by atoms with Gasteiger partial charge in [0.15, 0.2) is 0 Å². The first kappa shape index (κ1) is 16.5. The number of aryl methyl sites for hydroxylation is 1. The molecule has 6 heteroatoms. The number of morpholine rings is 1. The first-order valence-corrected chi connectivity index (χ1v) is 9.12. The van der Waals surface area contributed by atoms with Gasteiger partial charge in [0.2, 0.25) is 5.91 Å². The number of ether oxygens (including phenoxy) is 2. The lowest BCUT2D eigenvalue weighted by molar-refractivity contribution is -0.154. The molecule has 2 heterocycles. The van der Waals surface area contributed by atoms with Crippen LogP contribution in [-0.2, 0) is 20.7 Å². The van der Waals surface area contributed by atoms with Crippen LogP contribution in [0.25, 0.3) is 11.0 Å². The van der Waals surface area contributed by atoms with E-state index in [2.05, 4.69) is 9.97 Å². The number of carbonyl (C=O) groups is 1. The summed E-state index contributed by atoms with van der Waals surface area (Å²) in [4.78, 5) is 22.7. The molecule has 1 amide bonds. The number of H-pyrrole nitrogens is 1. The number of rotatable bonds is 4. The molecule has 1 aliphatic heterocycles. The Bertz CT molecular complexity index is 711. The minimum atomic E-state index is 0.149. The molecular weight excluding hydrogens is 318 g/mol. The fourth-order valence-electron chi connectivity index (χ4n) is 4.09. The summed E-state index contributed by atoms with van der Waals surface area (Å²) < 4.78 is 11.4. The Morgan fingerprint density at radius 2 is 2.28 bits per heavy atom. The van der Waals surface area contributed by atoms with Crippen molar-refractivity contribution in [3.8, 4) is 0 Å². The van der Waals surface area contributed by atoms with Gasteiger partial charge in [0, 0.05) is 26.5 Å². The number of methoxy groups -OCH3 is 1. The number of benzene rings is 1. The average molecular weight is 343 g/mol. The monoisotopic (exact) mass is 343 g/mol. The molecule has 0 radical (unpaired) electrons. The summed E-state index contributed by atoms with van der Waals surface area (Å²) in [6, 6.07) is 8.10. The van der Waals surface area contributed by atoms with E-state index in [1.807, 2.05) is 29.2 Å². The largest absolute Gasteiger partial charge is 0.381 e. The van der Waals surface area contributed by atoms with Crippen LogP contribution >= 0.6 is 0 Å². The van der Waals surface area contributed by atoms with E-state index in [0.29, 0.717) is 26.0 Å². The number of hydrogen-bond acceptors (Lipinski definition) is 4. The third kappa shape index (κ3) is 3.41. The zero-order chi connectivity index (χ0) is 17.2. The van der Waals surface area contributed by atoms with E-state index < -0.39 is 0 Å². The number of para-hydroxylation sites is 2. The normalized spacial score (nSPS) is 26.6. The smallest absolute Gasteiger partial charge is 0.223 e. The predicted molar refractivity (Wildman–Crippen MR) is 94.3 cm³/mol. The molecule has 2 aromatic rings. The first-order valence-electron chi connectivity index (χ1n) is 9.12. The van der Waals surface area contributed by atoms with Crippen molar-refractivity contribution in [1.29, 1.82) is 0 Å². The minimum absolute atomic E-state index is 0.149. The standard InChI is InChI=1S/C19H25N3O3/c1-24-13-6-7-17-16(12-13)22(10-11-25-17)19(23)9-8-18-20-14-4-2-3-5-15(14)21-18/h2-5,13,16-17H,6-12H2,1H3,(H,20,21). The van der Waals surface area contributed by atoms with E-state index in [4.69, 9.17) is 9.47 Å². The third-order valence-electron chi connectivity index (χ3n) is 5.44. The lowest BCUT2D eigenvalue weighted by atomic mass is 9.87. The quantitative estimate of drug-likeness (QED) is 0.925. The zero-order valence-electron chi connectivity index (χ0n) is 14.6. The Balaban J connectivity index is 1.40. The zero-order valence-corrected chi connectivity index (χ0v) is 14.6. The highest BCUT2D eigenvalue weighted by atomic mass is 16.5. The van der Waals surface area contributed by atoms with Crippen LogP contribution < -0.4 is 0 Å². The number of fused-ring (bicyclic) bond motifs is 2. The average Bonchev–Trinajstić information content (AvgIpc) is 3.08. The van der Waals surface area contributed by atoms with Gasteiger partial charge in [-0.15, -0.1) is 0 Å². The lowest BCUT2D eigenvalue weighted by Gasteiger charge is -2.45. The molecule has 0 spiro atoms. The molecule has 2 aliphatic rings. The number of imidazole rings is 1. The lowest BCUT2D eigenvalue weighted by Crippen LogP contribution is -2.57. The topological polar surface area (TPSA) is 67.5 Å². The Morgan fingerprint density at radius 3 is 3.12 bits per heavy atom. The van der Waals surface area contributed by atoms with E-state index in [1.165, 1.54) is 0 Å². The molecule has 1 saturated carbocycles. The summed E-state index contributed by atoms with van der Waals surface area (Å²) in [7, 11) is 1.75. The second-order valence-electron chi connectivity index (χ2n) is 6.94. The number of hydrogen-bond donors (Lipinski definition) is 1. The Hall–Kier alpha value is -1.92. The van der Waals surface area contributed by atoms with Crippen molar-refractivity contribution in [2.24, 2.45) is 0 Å². The van der Waals surface area contributed by atoms with E-state index in [-0.39, 0.29) is 24.2 Å². The predicted octanol–water partition coefficient (Wildman–Crippen LogP) is 2.29. The summed E-state index contributed by atoms with van der Waals surface area (Å²) in [5.74, 6) is 1.06. The van der Waals surface area contributed by atoms with E-state index in [1.54, 1.807) is 7.11 Å². The van der Waals surface area contributed by atoms with Gasteiger partial charge in [0.25, 0.3) is 0 Å². The third-order valence-corrected chi connectivity index (χ3v) is 5.44. The van der Waals surface area contributed by atoms with Crippen molar-refractivity contribution in [3.63, 3.8) is 0 Å². The van der Waals surface area contributed by atoms with Crippen LogP contribution in [-0.4, -0.2) is 59.3 Å². The summed E-state index contributed by atoms with van der Waals surface area (Å²) in [5, 5.41) is 0. The van der Waals surface area contributed by atoms with Crippen LogP contribution in [0.3, 0.4) is 0 Å². The van der Waals surface area contributed by atoms with E-state index in [0.717, 1.165) is 36.1 Å². The van der Waals surface area contributed by atoms with Gasteiger partial charge in [-0.25, -0.2) is 4.98 Å². The van der Waals surface area contributed by atoms with Crippen molar-refractivity contribution < 1.29 is 14.3 Å². The Labute approximate surface area is 147 Å². The fraction of sp³-hybridized carbons (Fsp3) is 0.579. The van der Waals surface area contributed by atoms with Crippen LogP contribution in [0, 0.1) is 0 Å². The maximum atomic E-state index is 12.8. The molecule has 1 saturated heterocycles. The van der Waals surface area contributed by atoms with Gasteiger partial charge in [0.05, 0.1) is 35.9 Å². The van der Waals surface area contributed by atoms with Crippen LogP contribution in [0.2, 0.25) is 0 Å². The second-order valence-corrected chi connectivity index (χ2v) is 6.94. The number of aromatic nitrogens is 2. The minimum Gasteiger partial charge on any atom is -0.381 e. The van der Waals surface area contributed by atoms with Crippen molar-refractivity contribution in [2.75, 3.05) is 20.3 Å². The molecule has 25 heavy (non-hydrogen) atoms. The molecular formula is C19H25N3O3. The number of nitrogens with one attached hydrogen (secondary N) is 1. The molecule has 3 unspecified atom stereocenters. The number of carbonyl (C=O) groups excluding carboxylic acids is 1. The molecule has 1 N–H and O–H groups in total. The summed E-state index contributed by atoms with van der Waals surface area (Å²) in [5.41, 5.74) is 1.97. The van der Waals surface area contributed by atoms with Crippen LogP contribution in [0.4, 0.5) is 0 Å². The van der Waals surface area contributed by atoms with Gasteiger partial charge in [-0.1, -0.05) is 12.1 Å². The summed E-state index contributed by atoms with van der Waals surface area (Å²) in [6.07, 6.45) is 4.35. The summed E-state index contributed by atoms with van der Waals surface area (Å²) in [6.45, 7) is 1.31. The van der Waals surface area contributed by atoms with Gasteiger partial charge in [-0.2, -0.15) is 0 Å². The van der Waals surface area contributed by atoms with Gasteiger partial charge in [-0.3, -0.25) is 4.79 Å². The molecule has 0 bridgehead atoms. The van der Waals surface area contributed by atoms with Crippen LogP contribution in [0.15, 0.2) is 24.3 Å². The van der Waals surface area contributed by atoms with Gasteiger partial charge < -0.3 is 19.4 Å². The SMILES string of the molecule is COC1CCC2OCCN(C(=O)CCc3nc4ccccc4[nH]3)C2C1. The van der Waals surface area contributed by atoms with Gasteiger partial charge in [0.1, 0.15) is 5.82 Å². The molecule has 4 rings (SSSR count). The molecule has 1 aromatic carbocycles. The van der Waals surface area contributed by atoms with E-state index >= 15 is 0 Å². The maximum absolute atomic E-state index is 12.8. The number of nitrogens with zero attached hydrogens (tertiary/aromatic N) is 2. The molecule has 1 aromatic heterocycles. The molecule has 1 aliphatic carbocycles. The first-order chi connectivity index (χ1) is 12.2. The van der Waals surface area contributed by atoms with Gasteiger partial charge >= 0.3 is 0 Å². The molecule has 134 valence electrons. The van der Waals surface area contributed by atoms with Crippen molar-refractivity contribution in [2.45, 2.75) is 50.4 Å². The Kier molecular flexibility index (Phi) is 4.72. The van der Waals surface area contributed by atoms with Crippen LogP contribution in [0.5, 0.6) is 0 Å². The Morgan fingerprint density at radius 1 is 1.40 bits per heavy atom. The molecule has 3 atom stereocenters. The highest BCUT2D eigenvalue weighted by molar-refractivity contribution is 5.78. The number of amides is 1. The summed E-state index contributed by atoms with van der Waals surface area (Å²) >= 11 is 0. The molecule has 2 fully saturated rings. The second kappa shape index (κ2) is 7.14. The van der Waals surface area contributed by atoms with Gasteiger partial charge in [-0.05, 0) is 31.4 Å². The fourth-order valence-corrected chi connectivity index (χ4v) is 4.09. The van der Waals surface area contributed by atoms with Crippen molar-refractivity contribution in [3.05, 3.63) is 30.1 Å². The highest BCUT2D eigenvalue weighted by Crippen LogP contribution is 2.30.